The molecule has 2 aliphatic rings. The smallest absolute Gasteiger partial charge is 0.285 e. The molecule has 0 unspecified atom stereocenters. The number of nitrogens with zero attached hydrogens (tertiary/aromatic N) is 3. The summed E-state index contributed by atoms with van der Waals surface area (Å²) in [6.45, 7) is 10.1. The number of carbonyl (C=O) groups excluding carboxylic acids is 1. The maximum Gasteiger partial charge on any atom is 0.285 e. The maximum atomic E-state index is 12.6. The summed E-state index contributed by atoms with van der Waals surface area (Å²) in [7, 11) is 1.58. The van der Waals surface area contributed by atoms with E-state index in [0.29, 0.717) is 11.8 Å². The fourth-order valence-electron chi connectivity index (χ4n) is 3.04. The first-order valence-electron chi connectivity index (χ1n) is 9.72. The molecule has 3 rings (SSSR count). The third-order valence-electron chi connectivity index (χ3n) is 4.51. The summed E-state index contributed by atoms with van der Waals surface area (Å²) in [6.07, 6.45) is 5.62. The summed E-state index contributed by atoms with van der Waals surface area (Å²) in [5.41, 5.74) is 3.96. The average Bonchev–Trinajstić information content (AvgIpc) is 3.38. The van der Waals surface area contributed by atoms with Crippen LogP contribution in [0, 0.1) is 5.92 Å². The molecule has 28 heavy (non-hydrogen) atoms. The fraction of sp³-hybridized carbons (Fsp3) is 0.476. The Hall–Kier alpha value is -2.83. The Bertz CT molecular complexity index is 855. The number of furan rings is 1. The van der Waals surface area contributed by atoms with E-state index in [2.05, 4.69) is 37.7 Å². The Balaban J connectivity index is 1.84. The molecule has 1 amide bonds. The number of rotatable bonds is 8. The largest absolute Gasteiger partial charge is 0.468 e. The number of nitrogens with one attached hydrogen (secondary N) is 1. The van der Waals surface area contributed by atoms with E-state index in [1.807, 2.05) is 6.07 Å². The molecular formula is C21H28N4O3. The summed E-state index contributed by atoms with van der Waals surface area (Å²) < 4.78 is 11.2. The van der Waals surface area contributed by atoms with Crippen LogP contribution in [0.5, 0.6) is 5.95 Å². The second kappa shape index (κ2) is 8.46. The zero-order valence-corrected chi connectivity index (χ0v) is 17.0. The molecule has 1 N–H and O–H groups in total. The van der Waals surface area contributed by atoms with Gasteiger partial charge in [-0.3, -0.25) is 9.80 Å². The lowest BCUT2D eigenvalue weighted by Gasteiger charge is -2.28. The van der Waals surface area contributed by atoms with E-state index in [1.54, 1.807) is 18.3 Å². The fourth-order valence-corrected chi connectivity index (χ4v) is 3.04. The highest BCUT2D eigenvalue weighted by molar-refractivity contribution is 6.06. The molecule has 7 nitrogen and oxygen atoms in total. The quantitative estimate of drug-likeness (QED) is 0.689. The van der Waals surface area contributed by atoms with Crippen molar-refractivity contribution in [1.29, 1.82) is 0 Å². The molecule has 0 radical (unpaired) electrons. The Morgan fingerprint density at radius 2 is 2.25 bits per heavy atom. The normalized spacial score (nSPS) is 15.8. The molecule has 0 aromatic carbocycles. The number of aliphatic imine (C=N–C) groups is 1. The van der Waals surface area contributed by atoms with E-state index in [9.17, 15) is 4.79 Å². The van der Waals surface area contributed by atoms with Gasteiger partial charge in [-0.2, -0.15) is 5.10 Å². The van der Waals surface area contributed by atoms with Crippen LogP contribution in [0.25, 0.3) is 5.70 Å². The van der Waals surface area contributed by atoms with E-state index < -0.39 is 0 Å². The first-order valence-corrected chi connectivity index (χ1v) is 9.72. The number of carbonyl (C=O) groups is 1. The standard InChI is InChI=1S/C21H28N4O3/c1-6-7-10-22-14(4)23-17(26)12-25-20(15-8-9-15)16-11-18(27-5)28-21(16)19(24-25)13(2)3/h10-11,13H,4,6-9,12H2,1-3,5H3,(H,23,26). The number of ether oxygens (including phenoxy) is 1. The molecular weight excluding hydrogens is 356 g/mol. The Kier molecular flexibility index (Phi) is 6.02. The number of hydrogen-bond acceptors (Lipinski definition) is 6. The van der Waals surface area contributed by atoms with Crippen molar-refractivity contribution in [3.05, 3.63) is 35.4 Å². The summed E-state index contributed by atoms with van der Waals surface area (Å²) in [5, 5.41) is 9.26. The first-order chi connectivity index (χ1) is 13.4. The molecule has 1 aromatic rings. The number of unbranched alkanes of at least 4 members (excludes halogenated alkanes) is 1. The Morgan fingerprint density at radius 1 is 1.50 bits per heavy atom. The van der Waals surface area contributed by atoms with Gasteiger partial charge < -0.3 is 14.5 Å². The van der Waals surface area contributed by atoms with E-state index in [1.165, 1.54) is 5.57 Å². The van der Waals surface area contributed by atoms with Crippen LogP contribution in [0.2, 0.25) is 0 Å². The molecule has 1 saturated carbocycles. The maximum absolute atomic E-state index is 12.6. The molecule has 1 aromatic heterocycles. The van der Waals surface area contributed by atoms with Crippen molar-refractivity contribution in [3.63, 3.8) is 0 Å². The number of hydrogen-bond donors (Lipinski definition) is 1. The number of allylic oxidation sites excluding steroid dienone is 1. The van der Waals surface area contributed by atoms with Crippen LogP contribution < -0.4 is 10.1 Å². The highest BCUT2D eigenvalue weighted by atomic mass is 16.6. The lowest BCUT2D eigenvalue weighted by molar-refractivity contribution is -0.120. The van der Waals surface area contributed by atoms with Gasteiger partial charge in [0.05, 0.1) is 18.4 Å². The Labute approximate surface area is 165 Å². The highest BCUT2D eigenvalue weighted by Crippen LogP contribution is 2.44. The van der Waals surface area contributed by atoms with Crippen molar-refractivity contribution in [1.82, 2.24) is 10.3 Å². The van der Waals surface area contributed by atoms with E-state index in [0.717, 1.165) is 48.4 Å². The molecule has 2 heterocycles. The van der Waals surface area contributed by atoms with Gasteiger partial charge in [0.15, 0.2) is 5.76 Å². The minimum atomic E-state index is -0.205. The molecule has 1 aliphatic carbocycles. The van der Waals surface area contributed by atoms with Crippen LogP contribution in [0.15, 0.2) is 38.6 Å². The van der Waals surface area contributed by atoms with Gasteiger partial charge in [-0.25, -0.2) is 4.99 Å². The third-order valence-corrected chi connectivity index (χ3v) is 4.51. The van der Waals surface area contributed by atoms with Crippen molar-refractivity contribution in [2.24, 2.45) is 16.0 Å². The molecule has 0 atom stereocenters. The van der Waals surface area contributed by atoms with Crippen molar-refractivity contribution in [3.8, 4) is 5.95 Å². The van der Waals surface area contributed by atoms with Crippen LogP contribution in [-0.2, 0) is 4.79 Å². The van der Waals surface area contributed by atoms with Gasteiger partial charge in [0.25, 0.3) is 5.95 Å². The predicted molar refractivity (Wildman–Crippen MR) is 110 cm³/mol. The second-order valence-corrected chi connectivity index (χ2v) is 7.26. The average molecular weight is 384 g/mol. The van der Waals surface area contributed by atoms with Crippen molar-refractivity contribution < 1.29 is 13.9 Å². The van der Waals surface area contributed by atoms with Crippen LogP contribution in [0.4, 0.5) is 0 Å². The predicted octanol–water partition coefficient (Wildman–Crippen LogP) is 3.93. The summed E-state index contributed by atoms with van der Waals surface area (Å²) in [6, 6.07) is 1.88. The van der Waals surface area contributed by atoms with Crippen LogP contribution in [0.1, 0.15) is 57.8 Å². The Morgan fingerprint density at radius 3 is 2.86 bits per heavy atom. The van der Waals surface area contributed by atoms with Gasteiger partial charge in [0.2, 0.25) is 5.91 Å². The third kappa shape index (κ3) is 4.35. The lowest BCUT2D eigenvalue weighted by atomic mass is 9.99. The summed E-state index contributed by atoms with van der Waals surface area (Å²) in [4.78, 5) is 16.7. The van der Waals surface area contributed by atoms with Crippen molar-refractivity contribution >= 4 is 23.5 Å². The molecule has 0 bridgehead atoms. The minimum absolute atomic E-state index is 0.0876. The molecule has 1 fully saturated rings. The summed E-state index contributed by atoms with van der Waals surface area (Å²) in [5.74, 6) is 1.45. The van der Waals surface area contributed by atoms with Crippen molar-refractivity contribution in [2.45, 2.75) is 46.5 Å². The molecule has 1 aliphatic heterocycles. The van der Waals surface area contributed by atoms with Gasteiger partial charge in [-0.05, 0) is 24.8 Å². The van der Waals surface area contributed by atoms with Crippen molar-refractivity contribution in [2.75, 3.05) is 13.7 Å². The zero-order chi connectivity index (χ0) is 20.3. The number of fused-ring (bicyclic) bond motifs is 1. The van der Waals surface area contributed by atoms with Crippen LogP contribution in [0.3, 0.4) is 0 Å². The van der Waals surface area contributed by atoms with Gasteiger partial charge in [-0.1, -0.05) is 33.8 Å². The molecule has 0 saturated heterocycles. The summed E-state index contributed by atoms with van der Waals surface area (Å²) >= 11 is 0. The number of methoxy groups -OCH3 is 1. The lowest BCUT2D eigenvalue weighted by Crippen LogP contribution is -2.36. The topological polar surface area (TPSA) is 79.4 Å². The number of hydrazone groups is 1. The monoisotopic (exact) mass is 384 g/mol. The van der Waals surface area contributed by atoms with Gasteiger partial charge in [-0.15, -0.1) is 0 Å². The second-order valence-electron chi connectivity index (χ2n) is 7.26. The van der Waals surface area contributed by atoms with Gasteiger partial charge in [0.1, 0.15) is 18.1 Å². The van der Waals surface area contributed by atoms with Crippen LogP contribution in [-0.4, -0.2) is 36.5 Å². The minimum Gasteiger partial charge on any atom is -0.468 e. The molecule has 0 spiro atoms. The first kappa shape index (κ1) is 19.9. The zero-order valence-electron chi connectivity index (χ0n) is 17.0. The van der Waals surface area contributed by atoms with Gasteiger partial charge >= 0.3 is 0 Å². The molecule has 150 valence electrons. The SMILES string of the molecule is C=C(N=CCCC)NC(=O)CN1N=C(C(C)C)c2oc(OC)cc2C1=C1CC1. The van der Waals surface area contributed by atoms with E-state index in [-0.39, 0.29) is 18.4 Å². The van der Waals surface area contributed by atoms with E-state index in [4.69, 9.17) is 14.3 Å². The molecule has 7 heteroatoms. The number of amides is 1. The highest BCUT2D eigenvalue weighted by Gasteiger charge is 2.35. The van der Waals surface area contributed by atoms with E-state index >= 15 is 0 Å². The van der Waals surface area contributed by atoms with Crippen LogP contribution >= 0.6 is 0 Å². The van der Waals surface area contributed by atoms with Gasteiger partial charge in [0, 0.05) is 18.2 Å².